The van der Waals surface area contributed by atoms with Gasteiger partial charge in [0.1, 0.15) is 10.7 Å². The van der Waals surface area contributed by atoms with Crippen LogP contribution in [0.3, 0.4) is 0 Å². The summed E-state index contributed by atoms with van der Waals surface area (Å²) in [5.41, 5.74) is 0.987. The summed E-state index contributed by atoms with van der Waals surface area (Å²) in [6.07, 6.45) is 2.61. The van der Waals surface area contributed by atoms with Gasteiger partial charge in [0.05, 0.1) is 38.0 Å². The van der Waals surface area contributed by atoms with Crippen LogP contribution in [0.2, 0.25) is 0 Å². The van der Waals surface area contributed by atoms with Gasteiger partial charge >= 0.3 is 5.97 Å². The number of ether oxygens (including phenoxy) is 1. The number of anilines is 1. The van der Waals surface area contributed by atoms with Crippen molar-refractivity contribution in [2.75, 3.05) is 38.7 Å². The molecule has 1 saturated heterocycles. The largest absolute Gasteiger partial charge is 0.462 e. The summed E-state index contributed by atoms with van der Waals surface area (Å²) < 4.78 is 5.10. The van der Waals surface area contributed by atoms with E-state index in [4.69, 9.17) is 16.3 Å². The van der Waals surface area contributed by atoms with E-state index in [2.05, 4.69) is 7.05 Å². The number of carbonyl (C=O) groups excluding carboxylic acids is 3. The van der Waals surface area contributed by atoms with E-state index in [1.807, 2.05) is 18.9 Å². The summed E-state index contributed by atoms with van der Waals surface area (Å²) in [5.74, 6) is -1.41. The molecule has 3 rings (SSSR count). The molecule has 2 heterocycles. The number of piperidine rings is 1. The molecule has 0 atom stereocenters. The van der Waals surface area contributed by atoms with Crippen molar-refractivity contribution in [3.8, 4) is 0 Å². The van der Waals surface area contributed by atoms with Gasteiger partial charge in [-0.05, 0) is 30.7 Å². The summed E-state index contributed by atoms with van der Waals surface area (Å²) in [4.78, 5) is 42.1. The van der Waals surface area contributed by atoms with E-state index in [0.29, 0.717) is 17.9 Å². The summed E-state index contributed by atoms with van der Waals surface area (Å²) in [6, 6.07) is 6.39. The lowest BCUT2D eigenvalue weighted by Crippen LogP contribution is -3.10. The van der Waals surface area contributed by atoms with E-state index in [1.54, 1.807) is 24.3 Å². The van der Waals surface area contributed by atoms with Crippen LogP contribution >= 0.6 is 11.6 Å². The number of amides is 2. The molecule has 1 aromatic rings. The van der Waals surface area contributed by atoms with E-state index >= 15 is 0 Å². The van der Waals surface area contributed by atoms with Crippen LogP contribution < -0.4 is 9.80 Å². The van der Waals surface area contributed by atoms with E-state index in [1.165, 1.54) is 4.90 Å². The third-order valence-electron chi connectivity index (χ3n) is 5.51. The highest BCUT2D eigenvalue weighted by Gasteiger charge is 2.42. The minimum Gasteiger partial charge on any atom is -0.462 e. The second kappa shape index (κ2) is 8.97. The molecule has 8 heteroatoms. The Morgan fingerprint density at radius 2 is 1.83 bits per heavy atom. The fourth-order valence-electron chi connectivity index (χ4n) is 3.72. The van der Waals surface area contributed by atoms with Crippen LogP contribution in [-0.2, 0) is 14.3 Å². The standard InChI is InChI=1S/C21H26ClN3O4/c1-4-13-29-21(28)14-5-7-16(8-6-14)25-19(26)17(22)18(20(25)27)24(3)15-9-11-23(2)12-10-15/h5-8,15H,4,9-13H2,1-3H3/p+1. The molecule has 0 spiro atoms. The highest BCUT2D eigenvalue weighted by Crippen LogP contribution is 2.32. The van der Waals surface area contributed by atoms with Crippen molar-refractivity contribution in [2.24, 2.45) is 0 Å². The number of likely N-dealkylation sites (N-methyl/N-ethyl adjacent to an activating group) is 1. The predicted octanol–water partition coefficient (Wildman–Crippen LogP) is 1.19. The number of rotatable bonds is 6. The van der Waals surface area contributed by atoms with Gasteiger partial charge in [-0.15, -0.1) is 0 Å². The molecule has 0 saturated carbocycles. The van der Waals surface area contributed by atoms with E-state index in [0.717, 1.165) is 37.3 Å². The molecule has 0 radical (unpaired) electrons. The van der Waals surface area contributed by atoms with Crippen molar-refractivity contribution in [3.63, 3.8) is 0 Å². The zero-order valence-electron chi connectivity index (χ0n) is 17.0. The van der Waals surface area contributed by atoms with Crippen LogP contribution in [0.25, 0.3) is 0 Å². The summed E-state index contributed by atoms with van der Waals surface area (Å²) in [7, 11) is 3.97. The van der Waals surface area contributed by atoms with Gasteiger partial charge in [-0.2, -0.15) is 0 Å². The number of imide groups is 1. The third kappa shape index (κ3) is 4.31. The third-order valence-corrected chi connectivity index (χ3v) is 5.85. The molecular formula is C21H27ClN3O4+. The predicted molar refractivity (Wildman–Crippen MR) is 110 cm³/mol. The van der Waals surface area contributed by atoms with Crippen molar-refractivity contribution in [1.29, 1.82) is 0 Å². The number of nitrogens with zero attached hydrogens (tertiary/aromatic N) is 2. The van der Waals surface area contributed by atoms with Crippen LogP contribution in [0.15, 0.2) is 35.0 Å². The average molecular weight is 421 g/mol. The second-order valence-electron chi connectivity index (χ2n) is 7.59. The maximum absolute atomic E-state index is 13.1. The number of carbonyl (C=O) groups is 3. The van der Waals surface area contributed by atoms with Crippen molar-refractivity contribution >= 4 is 35.1 Å². The molecule has 2 aliphatic heterocycles. The molecular weight excluding hydrogens is 394 g/mol. The number of hydrogen-bond acceptors (Lipinski definition) is 5. The number of halogens is 1. The molecule has 2 amide bonds. The number of hydrogen-bond donors (Lipinski definition) is 1. The normalized spacial score (nSPS) is 22.3. The van der Waals surface area contributed by atoms with Gasteiger partial charge in [-0.1, -0.05) is 18.5 Å². The Balaban J connectivity index is 1.76. The minimum atomic E-state index is -0.543. The van der Waals surface area contributed by atoms with Crippen molar-refractivity contribution < 1.29 is 24.0 Å². The maximum Gasteiger partial charge on any atom is 0.338 e. The fourth-order valence-corrected chi connectivity index (χ4v) is 4.02. The number of likely N-dealkylation sites (tertiary alicyclic amines) is 1. The van der Waals surface area contributed by atoms with Crippen molar-refractivity contribution in [3.05, 3.63) is 40.6 Å². The number of nitrogens with one attached hydrogen (secondary N) is 1. The first-order valence-electron chi connectivity index (χ1n) is 9.95. The second-order valence-corrected chi connectivity index (χ2v) is 7.97. The van der Waals surface area contributed by atoms with Crippen LogP contribution in [-0.4, -0.2) is 62.5 Å². The number of benzene rings is 1. The van der Waals surface area contributed by atoms with Crippen LogP contribution in [0.1, 0.15) is 36.5 Å². The Kier molecular flexibility index (Phi) is 6.59. The summed E-state index contributed by atoms with van der Waals surface area (Å²) in [5, 5.41) is -0.0600. The Hall–Kier alpha value is -2.38. The highest BCUT2D eigenvalue weighted by atomic mass is 35.5. The van der Waals surface area contributed by atoms with Gasteiger partial charge in [0, 0.05) is 25.9 Å². The lowest BCUT2D eigenvalue weighted by Gasteiger charge is -2.34. The lowest BCUT2D eigenvalue weighted by molar-refractivity contribution is -0.885. The van der Waals surface area contributed by atoms with Gasteiger partial charge < -0.3 is 14.5 Å². The smallest absolute Gasteiger partial charge is 0.338 e. The maximum atomic E-state index is 13.1. The molecule has 2 aliphatic rings. The van der Waals surface area contributed by atoms with Crippen molar-refractivity contribution in [1.82, 2.24) is 4.90 Å². The molecule has 29 heavy (non-hydrogen) atoms. The first-order valence-corrected chi connectivity index (χ1v) is 10.3. The SMILES string of the molecule is CCCOC(=O)c1ccc(N2C(=O)C(Cl)=C(N(C)C3CC[NH+](C)CC3)C2=O)cc1. The molecule has 0 unspecified atom stereocenters. The highest BCUT2D eigenvalue weighted by molar-refractivity contribution is 6.52. The zero-order chi connectivity index (χ0) is 21.1. The molecule has 1 N–H and O–H groups in total. The Morgan fingerprint density at radius 1 is 1.21 bits per heavy atom. The zero-order valence-corrected chi connectivity index (χ0v) is 17.8. The van der Waals surface area contributed by atoms with Crippen LogP contribution in [0, 0.1) is 0 Å². The Morgan fingerprint density at radius 3 is 2.41 bits per heavy atom. The molecule has 0 bridgehead atoms. The molecule has 156 valence electrons. The first kappa shape index (κ1) is 21.3. The Bertz CT molecular complexity index is 829. The summed E-state index contributed by atoms with van der Waals surface area (Å²) in [6.45, 7) is 4.29. The van der Waals surface area contributed by atoms with Gasteiger partial charge in [0.15, 0.2) is 0 Å². The monoisotopic (exact) mass is 420 g/mol. The average Bonchev–Trinajstić information content (AvgIpc) is 2.94. The minimum absolute atomic E-state index is 0.0600. The van der Waals surface area contributed by atoms with E-state index in [-0.39, 0.29) is 16.8 Å². The Labute approximate surface area is 175 Å². The van der Waals surface area contributed by atoms with E-state index in [9.17, 15) is 14.4 Å². The van der Waals surface area contributed by atoms with Crippen LogP contribution in [0.5, 0.6) is 0 Å². The quantitative estimate of drug-likeness (QED) is 0.553. The number of esters is 1. The molecule has 1 fully saturated rings. The first-order chi connectivity index (χ1) is 13.8. The number of quaternary nitrogens is 1. The van der Waals surface area contributed by atoms with Gasteiger partial charge in [-0.3, -0.25) is 9.59 Å². The lowest BCUT2D eigenvalue weighted by atomic mass is 10.0. The molecule has 0 aliphatic carbocycles. The van der Waals surface area contributed by atoms with Crippen molar-refractivity contribution in [2.45, 2.75) is 32.2 Å². The molecule has 0 aromatic heterocycles. The van der Waals surface area contributed by atoms with Gasteiger partial charge in [-0.25, -0.2) is 9.69 Å². The van der Waals surface area contributed by atoms with Crippen LogP contribution in [0.4, 0.5) is 5.69 Å². The topological polar surface area (TPSA) is 71.4 Å². The van der Waals surface area contributed by atoms with Gasteiger partial charge in [0.2, 0.25) is 0 Å². The molecule has 7 nitrogen and oxygen atoms in total. The van der Waals surface area contributed by atoms with E-state index < -0.39 is 17.8 Å². The summed E-state index contributed by atoms with van der Waals surface area (Å²) >= 11 is 6.30. The molecule has 1 aromatic carbocycles. The van der Waals surface area contributed by atoms with Gasteiger partial charge in [0.25, 0.3) is 11.8 Å². The fraction of sp³-hybridized carbons (Fsp3) is 0.476.